The second kappa shape index (κ2) is 11.4. The van der Waals surface area contributed by atoms with Crippen LogP contribution in [0, 0.1) is 6.92 Å². The van der Waals surface area contributed by atoms with E-state index in [0.717, 1.165) is 11.1 Å². The Morgan fingerprint density at radius 1 is 0.938 bits per heavy atom. The standard InChI is InChI=1S/C25H21Cl2NO4/c1-17-5-2-3-8-23(17)28-24(29)16-32-25(30)14-11-18-9-12-19(13-10-18)31-15-20-21(26)6-4-7-22(20)27/h2-14H,15-16H2,1H3,(H,28,29). The lowest BCUT2D eigenvalue weighted by molar-refractivity contribution is -0.142. The van der Waals surface area contributed by atoms with Crippen LogP contribution in [0.1, 0.15) is 16.7 Å². The van der Waals surface area contributed by atoms with Gasteiger partial charge in [-0.3, -0.25) is 4.79 Å². The SMILES string of the molecule is Cc1ccccc1NC(=O)COC(=O)C=Cc1ccc(OCc2c(Cl)cccc2Cl)cc1. The molecule has 3 aromatic rings. The van der Waals surface area contributed by atoms with Crippen molar-refractivity contribution in [2.75, 3.05) is 11.9 Å². The highest BCUT2D eigenvalue weighted by molar-refractivity contribution is 6.35. The van der Waals surface area contributed by atoms with Gasteiger partial charge in [-0.25, -0.2) is 4.79 Å². The molecule has 0 spiro atoms. The molecular weight excluding hydrogens is 449 g/mol. The zero-order chi connectivity index (χ0) is 22.9. The van der Waals surface area contributed by atoms with Crippen LogP contribution in [0.4, 0.5) is 5.69 Å². The van der Waals surface area contributed by atoms with E-state index in [2.05, 4.69) is 5.32 Å². The highest BCUT2D eigenvalue weighted by atomic mass is 35.5. The Hall–Kier alpha value is -3.28. The van der Waals surface area contributed by atoms with Gasteiger partial charge in [0.25, 0.3) is 5.91 Å². The number of nitrogens with one attached hydrogen (secondary N) is 1. The first-order valence-electron chi connectivity index (χ1n) is 9.78. The number of aryl methyl sites for hydroxylation is 1. The van der Waals surface area contributed by atoms with Crippen LogP contribution >= 0.6 is 23.2 Å². The summed E-state index contributed by atoms with van der Waals surface area (Å²) in [7, 11) is 0. The number of amides is 1. The maximum Gasteiger partial charge on any atom is 0.331 e. The molecule has 7 heteroatoms. The molecule has 1 amide bonds. The Morgan fingerprint density at radius 3 is 2.31 bits per heavy atom. The van der Waals surface area contributed by atoms with Crippen LogP contribution < -0.4 is 10.1 Å². The van der Waals surface area contributed by atoms with E-state index in [0.29, 0.717) is 27.0 Å². The Bertz CT molecular complexity index is 1110. The minimum Gasteiger partial charge on any atom is -0.489 e. The molecule has 0 saturated carbocycles. The van der Waals surface area contributed by atoms with E-state index in [9.17, 15) is 9.59 Å². The first-order valence-corrected chi connectivity index (χ1v) is 10.5. The summed E-state index contributed by atoms with van der Waals surface area (Å²) < 4.78 is 10.7. The van der Waals surface area contributed by atoms with Gasteiger partial charge >= 0.3 is 5.97 Å². The molecule has 0 atom stereocenters. The third-order valence-electron chi connectivity index (χ3n) is 4.50. The lowest BCUT2D eigenvalue weighted by Crippen LogP contribution is -2.20. The molecule has 0 aromatic heterocycles. The second-order valence-electron chi connectivity index (χ2n) is 6.86. The number of ether oxygens (including phenoxy) is 2. The van der Waals surface area contributed by atoms with Crippen molar-refractivity contribution in [1.29, 1.82) is 0 Å². The normalized spacial score (nSPS) is 10.7. The van der Waals surface area contributed by atoms with Crippen molar-refractivity contribution in [3.05, 3.63) is 99.5 Å². The summed E-state index contributed by atoms with van der Waals surface area (Å²) in [6, 6.07) is 19.8. The van der Waals surface area contributed by atoms with Gasteiger partial charge in [0.15, 0.2) is 6.61 Å². The van der Waals surface area contributed by atoms with Crippen molar-refractivity contribution in [2.45, 2.75) is 13.5 Å². The highest BCUT2D eigenvalue weighted by Gasteiger charge is 2.08. The molecule has 0 unspecified atom stereocenters. The highest BCUT2D eigenvalue weighted by Crippen LogP contribution is 2.26. The van der Waals surface area contributed by atoms with Crippen molar-refractivity contribution >= 4 is 46.8 Å². The van der Waals surface area contributed by atoms with Gasteiger partial charge < -0.3 is 14.8 Å². The summed E-state index contributed by atoms with van der Waals surface area (Å²) in [5.41, 5.74) is 3.10. The summed E-state index contributed by atoms with van der Waals surface area (Å²) >= 11 is 12.3. The lowest BCUT2D eigenvalue weighted by atomic mass is 10.2. The molecule has 0 radical (unpaired) electrons. The largest absolute Gasteiger partial charge is 0.489 e. The summed E-state index contributed by atoms with van der Waals surface area (Å²) in [5, 5.41) is 3.79. The van der Waals surface area contributed by atoms with Crippen LogP contribution in [-0.2, 0) is 20.9 Å². The van der Waals surface area contributed by atoms with Crippen molar-refractivity contribution in [3.63, 3.8) is 0 Å². The molecule has 0 aliphatic heterocycles. The van der Waals surface area contributed by atoms with Crippen LogP contribution in [0.15, 0.2) is 72.8 Å². The van der Waals surface area contributed by atoms with Gasteiger partial charge in [0.05, 0.1) is 0 Å². The van der Waals surface area contributed by atoms with E-state index >= 15 is 0 Å². The number of esters is 1. The molecular formula is C25H21Cl2NO4. The van der Waals surface area contributed by atoms with Crippen LogP contribution in [0.3, 0.4) is 0 Å². The molecule has 32 heavy (non-hydrogen) atoms. The molecule has 164 valence electrons. The fourth-order valence-electron chi connectivity index (χ4n) is 2.75. The van der Waals surface area contributed by atoms with Gasteiger partial charge in [-0.2, -0.15) is 0 Å². The van der Waals surface area contributed by atoms with Crippen molar-refractivity contribution in [1.82, 2.24) is 0 Å². The predicted octanol–water partition coefficient (Wildman–Crippen LogP) is 6.08. The Balaban J connectivity index is 1.46. The number of halogens is 2. The maximum atomic E-state index is 11.9. The van der Waals surface area contributed by atoms with Crippen LogP contribution in [0.25, 0.3) is 6.08 Å². The van der Waals surface area contributed by atoms with Crippen LogP contribution in [0.5, 0.6) is 5.75 Å². The van der Waals surface area contributed by atoms with Gasteiger partial charge in [0.1, 0.15) is 12.4 Å². The number of carbonyl (C=O) groups excluding carboxylic acids is 2. The third kappa shape index (κ3) is 6.87. The third-order valence-corrected chi connectivity index (χ3v) is 5.21. The average molecular weight is 470 g/mol. The van der Waals surface area contributed by atoms with Gasteiger partial charge in [-0.1, -0.05) is 59.6 Å². The van der Waals surface area contributed by atoms with Crippen molar-refractivity contribution < 1.29 is 19.1 Å². The molecule has 3 rings (SSSR count). The van der Waals surface area contributed by atoms with E-state index in [1.54, 1.807) is 54.6 Å². The van der Waals surface area contributed by atoms with E-state index < -0.39 is 11.9 Å². The van der Waals surface area contributed by atoms with Crippen molar-refractivity contribution in [3.8, 4) is 5.75 Å². The number of para-hydroxylation sites is 1. The second-order valence-corrected chi connectivity index (χ2v) is 7.68. The summed E-state index contributed by atoms with van der Waals surface area (Å²) in [4.78, 5) is 23.8. The zero-order valence-electron chi connectivity index (χ0n) is 17.3. The fourth-order valence-corrected chi connectivity index (χ4v) is 3.26. The van der Waals surface area contributed by atoms with E-state index in [1.807, 2.05) is 25.1 Å². The van der Waals surface area contributed by atoms with Crippen LogP contribution in [-0.4, -0.2) is 18.5 Å². The number of hydrogen-bond donors (Lipinski definition) is 1. The fraction of sp³-hybridized carbons (Fsp3) is 0.120. The predicted molar refractivity (Wildman–Crippen MR) is 127 cm³/mol. The molecule has 0 fully saturated rings. The van der Waals surface area contributed by atoms with E-state index in [1.165, 1.54) is 6.08 Å². The lowest BCUT2D eigenvalue weighted by Gasteiger charge is -2.09. The summed E-state index contributed by atoms with van der Waals surface area (Å²) in [6.07, 6.45) is 2.86. The smallest absolute Gasteiger partial charge is 0.331 e. The van der Waals surface area contributed by atoms with Crippen LogP contribution in [0.2, 0.25) is 10.0 Å². The molecule has 0 saturated heterocycles. The quantitative estimate of drug-likeness (QED) is 0.320. The summed E-state index contributed by atoms with van der Waals surface area (Å²) in [6.45, 7) is 1.76. The summed E-state index contributed by atoms with van der Waals surface area (Å²) in [5.74, 6) is -0.381. The minimum absolute atomic E-state index is 0.241. The van der Waals surface area contributed by atoms with Gasteiger partial charge in [-0.15, -0.1) is 0 Å². The molecule has 0 aliphatic rings. The molecule has 5 nitrogen and oxygen atoms in total. The molecule has 3 aromatic carbocycles. The minimum atomic E-state index is -0.612. The Labute approximate surface area is 196 Å². The van der Waals surface area contributed by atoms with Gasteiger partial charge in [-0.05, 0) is 54.5 Å². The monoisotopic (exact) mass is 469 g/mol. The van der Waals surface area contributed by atoms with Gasteiger partial charge in [0, 0.05) is 27.4 Å². The maximum absolute atomic E-state index is 11.9. The van der Waals surface area contributed by atoms with E-state index in [-0.39, 0.29) is 13.2 Å². The molecule has 0 bridgehead atoms. The number of rotatable bonds is 8. The Kier molecular flexibility index (Phi) is 8.31. The topological polar surface area (TPSA) is 64.6 Å². The number of carbonyl (C=O) groups is 2. The first-order chi connectivity index (χ1) is 15.4. The first kappa shape index (κ1) is 23.4. The van der Waals surface area contributed by atoms with Crippen molar-refractivity contribution in [2.24, 2.45) is 0 Å². The molecule has 0 aliphatic carbocycles. The van der Waals surface area contributed by atoms with Gasteiger partial charge in [0.2, 0.25) is 0 Å². The average Bonchev–Trinajstić information content (AvgIpc) is 2.78. The number of benzene rings is 3. The molecule has 1 N–H and O–H groups in total. The Morgan fingerprint density at radius 2 is 1.62 bits per heavy atom. The zero-order valence-corrected chi connectivity index (χ0v) is 18.8. The van der Waals surface area contributed by atoms with E-state index in [4.69, 9.17) is 32.7 Å². The number of anilines is 1. The number of hydrogen-bond acceptors (Lipinski definition) is 4. The molecule has 0 heterocycles.